The van der Waals surface area contributed by atoms with Crippen molar-refractivity contribution < 1.29 is 0 Å². The molecule has 1 heteroatoms. The van der Waals surface area contributed by atoms with E-state index in [1.807, 2.05) is 0 Å². The molecule has 0 atom stereocenters. The second-order valence-electron chi connectivity index (χ2n) is 4.82. The number of hydrogen-bond acceptors (Lipinski definition) is 0. The normalized spacial score (nSPS) is 14.7. The first-order valence-electron chi connectivity index (χ1n) is 6.06. The quantitative estimate of drug-likeness (QED) is 0.504. The van der Waals surface area contributed by atoms with Gasteiger partial charge in [-0.25, -0.2) is 0 Å². The van der Waals surface area contributed by atoms with E-state index in [1.165, 1.54) is 32.3 Å². The summed E-state index contributed by atoms with van der Waals surface area (Å²) in [4.78, 5) is 0. The highest BCUT2D eigenvalue weighted by Gasteiger charge is 2.12. The molecule has 17 heavy (non-hydrogen) atoms. The van der Waals surface area contributed by atoms with E-state index in [9.17, 15) is 0 Å². The minimum atomic E-state index is 0.986. The van der Waals surface area contributed by atoms with Crippen molar-refractivity contribution in [3.63, 3.8) is 0 Å². The van der Waals surface area contributed by atoms with Crippen LogP contribution in [-0.4, -0.2) is 7.85 Å². The van der Waals surface area contributed by atoms with Crippen LogP contribution in [0.1, 0.15) is 12.0 Å². The molecule has 0 aliphatic heterocycles. The zero-order valence-corrected chi connectivity index (χ0v) is 9.53. The van der Waals surface area contributed by atoms with Crippen LogP contribution in [0.2, 0.25) is 0 Å². The molecular formula is C16H11B. The van der Waals surface area contributed by atoms with Gasteiger partial charge in [0, 0.05) is 0 Å². The van der Waals surface area contributed by atoms with Crippen LogP contribution in [0, 0.1) is 0 Å². The summed E-state index contributed by atoms with van der Waals surface area (Å²) in [6.07, 6.45) is 2.06. The van der Waals surface area contributed by atoms with Crippen LogP contribution in [-0.2, 0) is 6.42 Å². The van der Waals surface area contributed by atoms with Crippen LogP contribution in [0.25, 0.3) is 27.0 Å². The molecule has 1 aliphatic rings. The molecule has 2 radical (unpaired) electrons. The van der Waals surface area contributed by atoms with Gasteiger partial charge in [-0.3, -0.25) is 0 Å². The molecule has 0 nitrogen and oxygen atoms in total. The molecule has 0 fully saturated rings. The van der Waals surface area contributed by atoms with Gasteiger partial charge in [-0.15, -0.1) is 5.47 Å². The maximum absolute atomic E-state index is 6.15. The van der Waals surface area contributed by atoms with Crippen molar-refractivity contribution in [1.82, 2.24) is 0 Å². The summed E-state index contributed by atoms with van der Waals surface area (Å²) < 4.78 is 0. The first kappa shape index (κ1) is 9.29. The van der Waals surface area contributed by atoms with Crippen molar-refractivity contribution >= 4 is 34.9 Å². The van der Waals surface area contributed by atoms with Crippen molar-refractivity contribution in [2.24, 2.45) is 0 Å². The minimum absolute atomic E-state index is 0.986. The van der Waals surface area contributed by atoms with Gasteiger partial charge in [0.05, 0.1) is 0 Å². The zero-order valence-electron chi connectivity index (χ0n) is 9.53. The highest BCUT2D eigenvalue weighted by molar-refractivity contribution is 6.39. The fourth-order valence-corrected chi connectivity index (χ4v) is 3.03. The van der Waals surface area contributed by atoms with Crippen molar-refractivity contribution in [1.29, 1.82) is 0 Å². The Morgan fingerprint density at radius 2 is 1.53 bits per heavy atom. The highest BCUT2D eigenvalue weighted by Crippen LogP contribution is 2.30. The van der Waals surface area contributed by atoms with E-state index in [0.717, 1.165) is 18.3 Å². The lowest BCUT2D eigenvalue weighted by Gasteiger charge is -2.17. The summed E-state index contributed by atoms with van der Waals surface area (Å²) >= 11 is 0. The number of hydrogen-bond donors (Lipinski definition) is 0. The Hall–Kier alpha value is -1.76. The van der Waals surface area contributed by atoms with E-state index >= 15 is 0 Å². The van der Waals surface area contributed by atoms with Crippen molar-refractivity contribution in [3.8, 4) is 0 Å². The van der Waals surface area contributed by atoms with Gasteiger partial charge in [0.2, 0.25) is 0 Å². The number of rotatable bonds is 0. The maximum atomic E-state index is 6.15. The Labute approximate surface area is 101 Å². The smallest absolute Gasteiger partial charge is 0.108 e. The molecule has 1 aliphatic carbocycles. The lowest BCUT2D eigenvalue weighted by molar-refractivity contribution is 1.03. The molecule has 0 N–H and O–H groups in total. The third kappa shape index (κ3) is 1.14. The standard InChI is InChI=1S/C16H11B/c17-14-9-7-12-5-4-10-2-1-3-11-6-8-13(14)16(12)15(10)11/h1-6,8H,7,9H2. The average Bonchev–Trinajstić information content (AvgIpc) is 2.38. The van der Waals surface area contributed by atoms with Crippen molar-refractivity contribution in [2.75, 3.05) is 0 Å². The topological polar surface area (TPSA) is 0 Å². The molecule has 0 saturated carbocycles. The molecule has 0 saturated heterocycles. The molecule has 0 amide bonds. The largest absolute Gasteiger partial charge is 0.110 e. The van der Waals surface area contributed by atoms with Gasteiger partial charge in [-0.05, 0) is 45.2 Å². The van der Waals surface area contributed by atoms with Gasteiger partial charge in [0.1, 0.15) is 7.85 Å². The van der Waals surface area contributed by atoms with E-state index in [0.29, 0.717) is 0 Å². The third-order valence-electron chi connectivity index (χ3n) is 3.87. The second kappa shape index (κ2) is 3.13. The molecule has 3 aromatic carbocycles. The van der Waals surface area contributed by atoms with E-state index in [2.05, 4.69) is 42.5 Å². The lowest BCUT2D eigenvalue weighted by atomic mass is 9.80. The Balaban J connectivity index is 2.44. The number of benzene rings is 3. The van der Waals surface area contributed by atoms with Gasteiger partial charge >= 0.3 is 0 Å². The molecule has 0 aromatic heterocycles. The summed E-state index contributed by atoms with van der Waals surface area (Å²) in [5.41, 5.74) is 2.48. The van der Waals surface area contributed by atoms with Crippen LogP contribution < -0.4 is 5.22 Å². The molecule has 78 valence electrons. The average molecular weight is 214 g/mol. The number of aryl methyl sites for hydroxylation is 1. The first-order chi connectivity index (χ1) is 8.34. The molecule has 3 aromatic rings. The van der Waals surface area contributed by atoms with E-state index < -0.39 is 0 Å². The second-order valence-corrected chi connectivity index (χ2v) is 4.82. The van der Waals surface area contributed by atoms with Crippen molar-refractivity contribution in [3.05, 3.63) is 53.2 Å². The Morgan fingerprint density at radius 3 is 2.35 bits per heavy atom. The Morgan fingerprint density at radius 1 is 0.765 bits per heavy atom. The fraction of sp³-hybridized carbons (Fsp3) is 0.125. The van der Waals surface area contributed by atoms with Gasteiger partial charge in [0.25, 0.3) is 0 Å². The van der Waals surface area contributed by atoms with Crippen molar-refractivity contribution in [2.45, 2.75) is 12.8 Å². The lowest BCUT2D eigenvalue weighted by Crippen LogP contribution is -2.15. The predicted octanol–water partition coefficient (Wildman–Crippen LogP) is 2.93. The monoisotopic (exact) mass is 214 g/mol. The molecule has 0 heterocycles. The Kier molecular flexibility index (Phi) is 1.71. The van der Waals surface area contributed by atoms with Gasteiger partial charge in [0.15, 0.2) is 0 Å². The highest BCUT2D eigenvalue weighted by atomic mass is 14.1. The molecular weight excluding hydrogens is 203 g/mol. The maximum Gasteiger partial charge on any atom is 0.108 e. The van der Waals surface area contributed by atoms with Gasteiger partial charge in [-0.2, -0.15) is 0 Å². The summed E-state index contributed by atoms with van der Waals surface area (Å²) in [6.45, 7) is 0. The van der Waals surface area contributed by atoms with E-state index in [-0.39, 0.29) is 0 Å². The molecule has 0 spiro atoms. The van der Waals surface area contributed by atoms with Crippen LogP contribution in [0.15, 0.2) is 42.5 Å². The minimum Gasteiger partial charge on any atom is -0.110 e. The SMILES string of the molecule is [B]C1=c2ccc3cccc4ccc(c2c43)CC1. The summed E-state index contributed by atoms with van der Waals surface area (Å²) in [5, 5.41) is 6.64. The molecule has 0 unspecified atom stereocenters. The van der Waals surface area contributed by atoms with Crippen LogP contribution >= 0.6 is 0 Å². The summed E-state index contributed by atoms with van der Waals surface area (Å²) in [7, 11) is 6.15. The van der Waals surface area contributed by atoms with E-state index in [1.54, 1.807) is 0 Å². The van der Waals surface area contributed by atoms with Crippen LogP contribution in [0.5, 0.6) is 0 Å². The zero-order chi connectivity index (χ0) is 11.4. The summed E-state index contributed by atoms with van der Waals surface area (Å²) in [6, 6.07) is 15.3. The van der Waals surface area contributed by atoms with Crippen LogP contribution in [0.3, 0.4) is 0 Å². The predicted molar refractivity (Wildman–Crippen MR) is 74.2 cm³/mol. The van der Waals surface area contributed by atoms with E-state index in [4.69, 9.17) is 7.85 Å². The third-order valence-corrected chi connectivity index (χ3v) is 3.87. The molecule has 4 rings (SSSR count). The Bertz CT molecular complexity index is 783. The summed E-state index contributed by atoms with van der Waals surface area (Å²) in [5.74, 6) is 0. The van der Waals surface area contributed by atoms with Gasteiger partial charge in [-0.1, -0.05) is 42.5 Å². The fourth-order valence-electron chi connectivity index (χ4n) is 3.03. The molecule has 0 bridgehead atoms. The van der Waals surface area contributed by atoms with Gasteiger partial charge < -0.3 is 0 Å². The first-order valence-corrected chi connectivity index (χ1v) is 6.06. The van der Waals surface area contributed by atoms with Crippen LogP contribution in [0.4, 0.5) is 0 Å².